The van der Waals surface area contributed by atoms with Crippen molar-refractivity contribution in [2.24, 2.45) is 0 Å². The number of rotatable bonds is 1. The number of aromatic nitrogens is 2. The fourth-order valence-corrected chi connectivity index (χ4v) is 2.95. The Kier molecular flexibility index (Phi) is 3.17. The minimum atomic E-state index is -0.776. The van der Waals surface area contributed by atoms with Crippen molar-refractivity contribution in [3.05, 3.63) is 83.2 Å². The molecule has 1 aromatic carbocycles. The zero-order valence-corrected chi connectivity index (χ0v) is 12.3. The van der Waals surface area contributed by atoms with Crippen molar-refractivity contribution in [2.75, 3.05) is 0 Å². The minimum absolute atomic E-state index is 0.0559. The summed E-state index contributed by atoms with van der Waals surface area (Å²) in [6, 6.07) is 12.4. The van der Waals surface area contributed by atoms with E-state index in [9.17, 15) is 14.0 Å². The Bertz CT molecular complexity index is 1000. The predicted octanol–water partition coefficient (Wildman–Crippen LogP) is 4.22. The van der Waals surface area contributed by atoms with Gasteiger partial charge in [0.25, 0.3) is 0 Å². The van der Waals surface area contributed by atoms with Gasteiger partial charge in [-0.15, -0.1) is 0 Å². The number of hydrogen-bond acceptors (Lipinski definition) is 3. The summed E-state index contributed by atoms with van der Waals surface area (Å²) in [6.07, 6.45) is 3.29. The van der Waals surface area contributed by atoms with Crippen LogP contribution in [0.3, 0.4) is 0 Å². The highest BCUT2D eigenvalue weighted by Gasteiger charge is 2.29. The van der Waals surface area contributed by atoms with Gasteiger partial charge in [-0.3, -0.25) is 9.97 Å². The molecule has 0 aliphatic heterocycles. The van der Waals surface area contributed by atoms with E-state index in [2.05, 4.69) is 16.0 Å². The second kappa shape index (κ2) is 5.36. The largest absolute Gasteiger partial charge is 0.254 e. The van der Waals surface area contributed by atoms with Crippen LogP contribution in [-0.4, -0.2) is 9.97 Å². The lowest BCUT2D eigenvalue weighted by atomic mass is 9.94. The highest BCUT2D eigenvalue weighted by atomic mass is 19.1. The topological polar surface area (TPSA) is 49.6 Å². The van der Waals surface area contributed by atoms with Gasteiger partial charge in [-0.2, -0.15) is 5.26 Å². The third kappa shape index (κ3) is 2.01. The Morgan fingerprint density at radius 2 is 1.54 bits per heavy atom. The molecule has 0 amide bonds. The van der Waals surface area contributed by atoms with E-state index < -0.39 is 11.6 Å². The van der Waals surface area contributed by atoms with Crippen molar-refractivity contribution in [3.63, 3.8) is 0 Å². The number of hydrogen-bond donors (Lipinski definition) is 0. The Balaban J connectivity index is 2.10. The molecule has 2 heterocycles. The van der Waals surface area contributed by atoms with Crippen LogP contribution >= 0.6 is 0 Å². The Morgan fingerprint density at radius 1 is 0.917 bits per heavy atom. The fourth-order valence-electron chi connectivity index (χ4n) is 2.95. The molecule has 5 heteroatoms. The van der Waals surface area contributed by atoms with Crippen molar-refractivity contribution in [2.45, 2.75) is 0 Å². The van der Waals surface area contributed by atoms with Crippen LogP contribution in [-0.2, 0) is 0 Å². The number of allylic oxidation sites excluding steroid dienone is 1. The van der Waals surface area contributed by atoms with Gasteiger partial charge >= 0.3 is 0 Å². The van der Waals surface area contributed by atoms with E-state index in [0.29, 0.717) is 28.1 Å². The summed E-state index contributed by atoms with van der Waals surface area (Å²) >= 11 is 0. The SMILES string of the molecule is N#CC(=C1c2cccnc2-c2ncccc21)c1ccc(F)cc1F. The number of nitrogens with zero attached hydrogens (tertiary/aromatic N) is 3. The maximum Gasteiger partial charge on any atom is 0.134 e. The van der Waals surface area contributed by atoms with Crippen LogP contribution in [0, 0.1) is 23.0 Å². The van der Waals surface area contributed by atoms with E-state index >= 15 is 0 Å². The van der Waals surface area contributed by atoms with Gasteiger partial charge in [0.15, 0.2) is 0 Å². The van der Waals surface area contributed by atoms with E-state index in [4.69, 9.17) is 0 Å². The molecule has 0 N–H and O–H groups in total. The standard InChI is InChI=1S/C19H9F2N3/c20-11-5-6-12(16(21)9-11)15(10-22)17-13-3-1-7-23-18(13)19-14(17)4-2-8-24-19/h1-9H. The first-order valence-electron chi connectivity index (χ1n) is 7.21. The second-order valence-corrected chi connectivity index (χ2v) is 5.29. The van der Waals surface area contributed by atoms with Gasteiger partial charge in [0.1, 0.15) is 17.7 Å². The lowest BCUT2D eigenvalue weighted by Crippen LogP contribution is -1.94. The van der Waals surface area contributed by atoms with Crippen LogP contribution in [0.1, 0.15) is 16.7 Å². The molecule has 0 fully saturated rings. The summed E-state index contributed by atoms with van der Waals surface area (Å²) in [5.41, 5.74) is 3.48. The second-order valence-electron chi connectivity index (χ2n) is 5.29. The summed E-state index contributed by atoms with van der Waals surface area (Å²) in [5.74, 6) is -1.46. The van der Waals surface area contributed by atoms with Crippen LogP contribution < -0.4 is 0 Å². The Labute approximate surface area is 136 Å². The molecule has 0 spiro atoms. The number of benzene rings is 1. The molecule has 1 aliphatic rings. The summed E-state index contributed by atoms with van der Waals surface area (Å²) < 4.78 is 27.4. The molecular formula is C19H9F2N3. The van der Waals surface area contributed by atoms with Gasteiger partial charge in [0, 0.05) is 40.7 Å². The molecule has 3 nitrogen and oxygen atoms in total. The molecule has 4 rings (SSSR count). The maximum absolute atomic E-state index is 14.2. The van der Waals surface area contributed by atoms with Crippen LogP contribution in [0.5, 0.6) is 0 Å². The van der Waals surface area contributed by atoms with Gasteiger partial charge in [-0.25, -0.2) is 8.78 Å². The fraction of sp³-hybridized carbons (Fsp3) is 0. The Hall–Kier alpha value is -3.39. The van der Waals surface area contributed by atoms with Crippen molar-refractivity contribution in [3.8, 4) is 17.5 Å². The highest BCUT2D eigenvalue weighted by Crippen LogP contribution is 2.45. The summed E-state index contributed by atoms with van der Waals surface area (Å²) in [4.78, 5) is 8.68. The van der Waals surface area contributed by atoms with Crippen LogP contribution in [0.2, 0.25) is 0 Å². The van der Waals surface area contributed by atoms with E-state index in [-0.39, 0.29) is 11.1 Å². The highest BCUT2D eigenvalue weighted by molar-refractivity contribution is 6.11. The van der Waals surface area contributed by atoms with Gasteiger partial charge in [0.2, 0.25) is 0 Å². The number of nitriles is 1. The van der Waals surface area contributed by atoms with Crippen molar-refractivity contribution in [1.29, 1.82) is 5.26 Å². The van der Waals surface area contributed by atoms with E-state index in [0.717, 1.165) is 12.1 Å². The third-order valence-corrected chi connectivity index (χ3v) is 3.94. The van der Waals surface area contributed by atoms with Crippen molar-refractivity contribution >= 4 is 11.1 Å². The monoisotopic (exact) mass is 317 g/mol. The van der Waals surface area contributed by atoms with Crippen LogP contribution in [0.4, 0.5) is 8.78 Å². The lowest BCUT2D eigenvalue weighted by molar-refractivity contribution is 0.581. The zero-order chi connectivity index (χ0) is 16.7. The third-order valence-electron chi connectivity index (χ3n) is 3.94. The van der Waals surface area contributed by atoms with E-state index in [1.54, 1.807) is 24.5 Å². The smallest absolute Gasteiger partial charge is 0.134 e. The molecule has 0 radical (unpaired) electrons. The molecular weight excluding hydrogens is 308 g/mol. The van der Waals surface area contributed by atoms with Crippen LogP contribution in [0.15, 0.2) is 54.9 Å². The van der Waals surface area contributed by atoms with Crippen molar-refractivity contribution in [1.82, 2.24) is 9.97 Å². The summed E-state index contributed by atoms with van der Waals surface area (Å²) in [6.45, 7) is 0. The maximum atomic E-state index is 14.2. The molecule has 0 atom stereocenters. The molecule has 3 aromatic rings. The van der Waals surface area contributed by atoms with Gasteiger partial charge in [-0.05, 0) is 24.3 Å². The first-order valence-corrected chi connectivity index (χ1v) is 7.21. The molecule has 2 aromatic heterocycles. The van der Waals surface area contributed by atoms with E-state index in [1.807, 2.05) is 12.1 Å². The Morgan fingerprint density at radius 3 is 2.08 bits per heavy atom. The average Bonchev–Trinajstić information content (AvgIpc) is 2.92. The molecule has 0 saturated heterocycles. The predicted molar refractivity (Wildman–Crippen MR) is 85.4 cm³/mol. The first kappa shape index (κ1) is 14.2. The zero-order valence-electron chi connectivity index (χ0n) is 12.3. The normalized spacial score (nSPS) is 11.6. The summed E-state index contributed by atoms with van der Waals surface area (Å²) in [5, 5.41) is 9.68. The van der Waals surface area contributed by atoms with Gasteiger partial charge < -0.3 is 0 Å². The number of pyridine rings is 2. The van der Waals surface area contributed by atoms with Gasteiger partial charge in [0.05, 0.1) is 17.0 Å². The molecule has 114 valence electrons. The molecule has 0 saturated carbocycles. The lowest BCUT2D eigenvalue weighted by Gasteiger charge is -2.08. The van der Waals surface area contributed by atoms with Crippen LogP contribution in [0.25, 0.3) is 22.5 Å². The first-order chi connectivity index (χ1) is 11.7. The molecule has 0 unspecified atom stereocenters. The minimum Gasteiger partial charge on any atom is -0.254 e. The van der Waals surface area contributed by atoms with Gasteiger partial charge in [-0.1, -0.05) is 12.1 Å². The summed E-state index contributed by atoms with van der Waals surface area (Å²) in [7, 11) is 0. The number of halogens is 2. The quantitative estimate of drug-likeness (QED) is 0.494. The molecule has 0 bridgehead atoms. The average molecular weight is 317 g/mol. The number of fused-ring (bicyclic) bond motifs is 3. The molecule has 1 aliphatic carbocycles. The van der Waals surface area contributed by atoms with E-state index in [1.165, 1.54) is 6.07 Å². The molecule has 24 heavy (non-hydrogen) atoms. The van der Waals surface area contributed by atoms with Crippen molar-refractivity contribution < 1.29 is 8.78 Å².